The SMILES string of the molecule is COc1cc(N(C)Cc2ccsc2)c(N)cc1F. The molecule has 0 aliphatic rings. The third kappa shape index (κ3) is 2.56. The van der Waals surface area contributed by atoms with Gasteiger partial charge in [-0.2, -0.15) is 11.3 Å². The third-order valence-electron chi connectivity index (χ3n) is 2.71. The van der Waals surface area contributed by atoms with Crippen molar-refractivity contribution in [2.45, 2.75) is 6.54 Å². The lowest BCUT2D eigenvalue weighted by molar-refractivity contribution is 0.387. The Morgan fingerprint density at radius 3 is 2.83 bits per heavy atom. The van der Waals surface area contributed by atoms with Gasteiger partial charge in [0.2, 0.25) is 0 Å². The van der Waals surface area contributed by atoms with Crippen LogP contribution in [0.1, 0.15) is 5.56 Å². The minimum atomic E-state index is -0.442. The maximum atomic E-state index is 13.4. The van der Waals surface area contributed by atoms with Crippen LogP contribution in [0.25, 0.3) is 0 Å². The van der Waals surface area contributed by atoms with E-state index >= 15 is 0 Å². The van der Waals surface area contributed by atoms with Crippen LogP contribution >= 0.6 is 11.3 Å². The maximum Gasteiger partial charge on any atom is 0.167 e. The summed E-state index contributed by atoms with van der Waals surface area (Å²) in [6.07, 6.45) is 0. The largest absolute Gasteiger partial charge is 0.494 e. The van der Waals surface area contributed by atoms with E-state index in [4.69, 9.17) is 10.5 Å². The minimum Gasteiger partial charge on any atom is -0.494 e. The second-order valence-corrected chi connectivity index (χ2v) is 4.81. The summed E-state index contributed by atoms with van der Waals surface area (Å²) in [6, 6.07) is 4.97. The number of thiophene rings is 1. The van der Waals surface area contributed by atoms with Crippen molar-refractivity contribution >= 4 is 22.7 Å². The molecule has 0 atom stereocenters. The van der Waals surface area contributed by atoms with Gasteiger partial charge in [0.15, 0.2) is 11.6 Å². The molecule has 0 saturated carbocycles. The highest BCUT2D eigenvalue weighted by molar-refractivity contribution is 7.07. The number of halogens is 1. The number of hydrogen-bond donors (Lipinski definition) is 1. The third-order valence-corrected chi connectivity index (χ3v) is 3.44. The van der Waals surface area contributed by atoms with E-state index in [0.717, 1.165) is 12.2 Å². The van der Waals surface area contributed by atoms with Crippen molar-refractivity contribution in [2.24, 2.45) is 0 Å². The van der Waals surface area contributed by atoms with Gasteiger partial charge in [-0.25, -0.2) is 4.39 Å². The highest BCUT2D eigenvalue weighted by Crippen LogP contribution is 2.31. The molecule has 2 rings (SSSR count). The van der Waals surface area contributed by atoms with Gasteiger partial charge in [-0.05, 0) is 22.4 Å². The summed E-state index contributed by atoms with van der Waals surface area (Å²) in [7, 11) is 3.36. The molecule has 0 saturated heterocycles. The number of ether oxygens (including phenoxy) is 1. The van der Waals surface area contributed by atoms with E-state index in [9.17, 15) is 4.39 Å². The standard InChI is InChI=1S/C13H15FN2OS/c1-16(7-9-3-4-18-8-9)12-6-13(17-2)10(14)5-11(12)15/h3-6,8H,7,15H2,1-2H3. The molecular weight excluding hydrogens is 251 g/mol. The van der Waals surface area contributed by atoms with Gasteiger partial charge in [0.1, 0.15) is 0 Å². The van der Waals surface area contributed by atoms with Gasteiger partial charge in [0, 0.05) is 25.7 Å². The molecule has 0 aliphatic heterocycles. The summed E-state index contributed by atoms with van der Waals surface area (Å²) < 4.78 is 18.4. The zero-order valence-electron chi connectivity index (χ0n) is 10.3. The first-order chi connectivity index (χ1) is 8.61. The smallest absolute Gasteiger partial charge is 0.167 e. The number of anilines is 2. The molecular formula is C13H15FN2OS. The highest BCUT2D eigenvalue weighted by atomic mass is 32.1. The second-order valence-electron chi connectivity index (χ2n) is 4.03. The quantitative estimate of drug-likeness (QED) is 0.864. The summed E-state index contributed by atoms with van der Waals surface area (Å²) in [5.41, 5.74) is 8.21. The van der Waals surface area contributed by atoms with Crippen molar-refractivity contribution in [1.29, 1.82) is 0 Å². The van der Waals surface area contributed by atoms with Gasteiger partial charge in [0.05, 0.1) is 18.5 Å². The molecule has 0 unspecified atom stereocenters. The number of benzene rings is 1. The van der Waals surface area contributed by atoms with E-state index in [2.05, 4.69) is 11.4 Å². The summed E-state index contributed by atoms with van der Waals surface area (Å²) >= 11 is 1.65. The highest BCUT2D eigenvalue weighted by Gasteiger charge is 2.12. The number of rotatable bonds is 4. The van der Waals surface area contributed by atoms with E-state index in [-0.39, 0.29) is 5.75 Å². The van der Waals surface area contributed by atoms with Crippen LogP contribution in [0.4, 0.5) is 15.8 Å². The van der Waals surface area contributed by atoms with Gasteiger partial charge in [0.25, 0.3) is 0 Å². The Balaban J connectivity index is 2.26. The molecule has 2 N–H and O–H groups in total. The van der Waals surface area contributed by atoms with E-state index in [0.29, 0.717) is 5.69 Å². The lowest BCUT2D eigenvalue weighted by atomic mass is 10.2. The molecule has 3 nitrogen and oxygen atoms in total. The second kappa shape index (κ2) is 5.27. The molecule has 0 amide bonds. The molecule has 0 bridgehead atoms. The Labute approximate surface area is 110 Å². The number of nitrogen functional groups attached to an aromatic ring is 1. The predicted octanol–water partition coefficient (Wildman–Crippen LogP) is 3.11. The van der Waals surface area contributed by atoms with E-state index in [1.165, 1.54) is 18.7 Å². The first-order valence-corrected chi connectivity index (χ1v) is 6.41. The summed E-state index contributed by atoms with van der Waals surface area (Å²) in [4.78, 5) is 1.97. The Kier molecular flexibility index (Phi) is 3.72. The fourth-order valence-corrected chi connectivity index (χ4v) is 2.45. The van der Waals surface area contributed by atoms with Crippen molar-refractivity contribution in [1.82, 2.24) is 0 Å². The average Bonchev–Trinajstić information content (AvgIpc) is 2.81. The first-order valence-electron chi connectivity index (χ1n) is 5.47. The normalized spacial score (nSPS) is 10.4. The Hall–Kier alpha value is -1.75. The Morgan fingerprint density at radius 1 is 1.44 bits per heavy atom. The molecule has 5 heteroatoms. The van der Waals surface area contributed by atoms with Gasteiger partial charge in [-0.3, -0.25) is 0 Å². The topological polar surface area (TPSA) is 38.5 Å². The van der Waals surface area contributed by atoms with Crippen LogP contribution in [0.3, 0.4) is 0 Å². The molecule has 1 heterocycles. The lowest BCUT2D eigenvalue weighted by Crippen LogP contribution is -2.17. The van der Waals surface area contributed by atoms with Crippen LogP contribution in [-0.4, -0.2) is 14.2 Å². The monoisotopic (exact) mass is 266 g/mol. The number of nitrogens with two attached hydrogens (primary N) is 1. The molecule has 0 fully saturated rings. The lowest BCUT2D eigenvalue weighted by Gasteiger charge is -2.21. The Morgan fingerprint density at radius 2 is 2.22 bits per heavy atom. The molecule has 1 aromatic carbocycles. The van der Waals surface area contributed by atoms with Crippen molar-refractivity contribution in [2.75, 3.05) is 24.8 Å². The first kappa shape index (κ1) is 12.7. The molecule has 1 aromatic heterocycles. The molecule has 96 valence electrons. The van der Waals surface area contributed by atoms with Crippen LogP contribution in [-0.2, 0) is 6.54 Å². The van der Waals surface area contributed by atoms with Crippen LogP contribution in [0.15, 0.2) is 29.0 Å². The number of methoxy groups -OCH3 is 1. The maximum absolute atomic E-state index is 13.4. The molecule has 18 heavy (non-hydrogen) atoms. The van der Waals surface area contributed by atoms with Crippen molar-refractivity contribution < 1.29 is 9.13 Å². The summed E-state index contributed by atoms with van der Waals surface area (Å²) in [5, 5.41) is 4.10. The molecule has 0 aliphatic carbocycles. The molecule has 0 spiro atoms. The Bertz CT molecular complexity index is 528. The summed E-state index contributed by atoms with van der Waals surface area (Å²) in [5.74, 6) is -0.237. The van der Waals surface area contributed by atoms with Crippen LogP contribution in [0.2, 0.25) is 0 Å². The van der Waals surface area contributed by atoms with E-state index in [1.54, 1.807) is 17.4 Å². The number of nitrogens with zero attached hydrogens (tertiary/aromatic N) is 1. The fraction of sp³-hybridized carbons (Fsp3) is 0.231. The summed E-state index contributed by atoms with van der Waals surface area (Å²) in [6.45, 7) is 0.725. The number of hydrogen-bond acceptors (Lipinski definition) is 4. The zero-order chi connectivity index (χ0) is 13.1. The molecule has 0 radical (unpaired) electrons. The van der Waals surface area contributed by atoms with Crippen LogP contribution in [0.5, 0.6) is 5.75 Å². The van der Waals surface area contributed by atoms with Crippen molar-refractivity contribution in [3.63, 3.8) is 0 Å². The van der Waals surface area contributed by atoms with Crippen LogP contribution < -0.4 is 15.4 Å². The predicted molar refractivity (Wildman–Crippen MR) is 73.8 cm³/mol. The van der Waals surface area contributed by atoms with Gasteiger partial charge in [-0.1, -0.05) is 0 Å². The van der Waals surface area contributed by atoms with Crippen molar-refractivity contribution in [3.8, 4) is 5.75 Å². The minimum absolute atomic E-state index is 0.205. The zero-order valence-corrected chi connectivity index (χ0v) is 11.1. The van der Waals surface area contributed by atoms with E-state index in [1.807, 2.05) is 17.3 Å². The van der Waals surface area contributed by atoms with Gasteiger partial charge < -0.3 is 15.4 Å². The van der Waals surface area contributed by atoms with Crippen molar-refractivity contribution in [3.05, 3.63) is 40.3 Å². The van der Waals surface area contributed by atoms with Gasteiger partial charge in [-0.15, -0.1) is 0 Å². The van der Waals surface area contributed by atoms with E-state index < -0.39 is 5.82 Å². The molecule has 2 aromatic rings. The van der Waals surface area contributed by atoms with Gasteiger partial charge >= 0.3 is 0 Å². The average molecular weight is 266 g/mol. The fourth-order valence-electron chi connectivity index (χ4n) is 1.79. The van der Waals surface area contributed by atoms with Crippen LogP contribution in [0, 0.1) is 5.82 Å².